The van der Waals surface area contributed by atoms with E-state index in [0.29, 0.717) is 23.9 Å². The second-order valence-electron chi connectivity index (χ2n) is 20.1. The molecule has 0 heterocycles. The predicted octanol–water partition coefficient (Wildman–Crippen LogP) is 16.4. The van der Waals surface area contributed by atoms with Crippen LogP contribution >= 0.6 is 7.82 Å². The summed E-state index contributed by atoms with van der Waals surface area (Å²) in [4.78, 5) is 37.4. The number of carbonyl (C=O) groups is 2. The Morgan fingerprint density at radius 3 is 1.39 bits per heavy atom. The highest BCUT2D eigenvalue weighted by Crippen LogP contribution is 2.43. The van der Waals surface area contributed by atoms with Gasteiger partial charge in [0.2, 0.25) is 5.91 Å². The molecule has 0 rings (SSSR count). The number of carbonyl (C=O) groups excluding carboxylic acids is 2. The first-order valence-corrected chi connectivity index (χ1v) is 29.3. The van der Waals surface area contributed by atoms with E-state index in [1.54, 1.807) is 0 Å². The van der Waals surface area contributed by atoms with Crippen LogP contribution in [0.25, 0.3) is 0 Å². The Morgan fingerprint density at radius 1 is 0.530 bits per heavy atom. The van der Waals surface area contributed by atoms with Gasteiger partial charge in [-0.3, -0.25) is 18.6 Å². The molecule has 2 N–H and O–H groups in total. The summed E-state index contributed by atoms with van der Waals surface area (Å²) in [6.07, 6.45) is 54.3. The molecule has 3 atom stereocenters. The Labute approximate surface area is 408 Å². The van der Waals surface area contributed by atoms with Crippen molar-refractivity contribution in [2.75, 3.05) is 40.9 Å². The van der Waals surface area contributed by atoms with Gasteiger partial charge in [-0.15, -0.1) is 0 Å². The minimum atomic E-state index is -4.45. The monoisotopic (exact) mass is 952 g/mol. The highest BCUT2D eigenvalue weighted by molar-refractivity contribution is 7.47. The third-order valence-electron chi connectivity index (χ3n) is 12.3. The topological polar surface area (TPSA) is 111 Å². The lowest BCUT2D eigenvalue weighted by Gasteiger charge is -2.27. The molecule has 0 aliphatic carbocycles. The van der Waals surface area contributed by atoms with Gasteiger partial charge in [0.25, 0.3) is 0 Å². The van der Waals surface area contributed by atoms with Crippen molar-refractivity contribution >= 4 is 19.7 Å². The smallest absolute Gasteiger partial charge is 0.456 e. The molecule has 1 amide bonds. The van der Waals surface area contributed by atoms with Crippen molar-refractivity contribution < 1.29 is 37.3 Å². The number of likely N-dealkylation sites (N-methyl/N-ethyl adjacent to an activating group) is 1. The number of allylic oxidation sites excluding steroid dienone is 5. The molecule has 0 radical (unpaired) electrons. The maximum Gasteiger partial charge on any atom is 0.472 e. The van der Waals surface area contributed by atoms with Gasteiger partial charge in [-0.1, -0.05) is 231 Å². The SMILES string of the molecule is CCCCCCCC/C=C\C/C=C/CCC(=O)OC(/C=C/CCCCCCCCCCCC)C(COP(=O)(O)OCC[N+](C)(C)C)NC(=O)CCCCCCCCCCCCCCCCC. The van der Waals surface area contributed by atoms with Crippen LogP contribution in [0.15, 0.2) is 36.5 Å². The summed E-state index contributed by atoms with van der Waals surface area (Å²) >= 11 is 0. The Hall–Kier alpha value is -1.77. The number of rotatable bonds is 50. The molecule has 9 nitrogen and oxygen atoms in total. The summed E-state index contributed by atoms with van der Waals surface area (Å²) in [5.74, 6) is -0.575. The summed E-state index contributed by atoms with van der Waals surface area (Å²) in [5, 5.41) is 3.03. The van der Waals surface area contributed by atoms with Crippen LogP contribution < -0.4 is 5.32 Å². The Morgan fingerprint density at radius 2 is 0.939 bits per heavy atom. The number of ether oxygens (including phenoxy) is 1. The molecule has 0 aromatic rings. The van der Waals surface area contributed by atoms with Crippen LogP contribution in [-0.2, 0) is 27.9 Å². The number of nitrogens with one attached hydrogen (secondary N) is 1. The summed E-state index contributed by atoms with van der Waals surface area (Å²) in [7, 11) is 1.48. The molecule has 0 aliphatic heterocycles. The van der Waals surface area contributed by atoms with Crippen molar-refractivity contribution in [2.24, 2.45) is 0 Å². The molecule has 0 spiro atoms. The molecule has 0 bridgehead atoms. The molecule has 0 fully saturated rings. The number of amides is 1. The molecule has 66 heavy (non-hydrogen) atoms. The number of hydrogen-bond donors (Lipinski definition) is 2. The van der Waals surface area contributed by atoms with Gasteiger partial charge in [0.15, 0.2) is 0 Å². The van der Waals surface area contributed by atoms with Crippen molar-refractivity contribution in [3.8, 4) is 0 Å². The largest absolute Gasteiger partial charge is 0.472 e. The van der Waals surface area contributed by atoms with E-state index in [0.717, 1.165) is 51.4 Å². The van der Waals surface area contributed by atoms with Gasteiger partial charge in [0, 0.05) is 12.8 Å². The minimum Gasteiger partial charge on any atom is -0.456 e. The van der Waals surface area contributed by atoms with Gasteiger partial charge >= 0.3 is 13.8 Å². The maximum atomic E-state index is 13.5. The third kappa shape index (κ3) is 47.3. The van der Waals surface area contributed by atoms with Gasteiger partial charge < -0.3 is 19.4 Å². The molecular formula is C56H108N2O7P+. The molecular weight excluding hydrogens is 844 g/mol. The zero-order chi connectivity index (χ0) is 48.7. The van der Waals surface area contributed by atoms with Crippen molar-refractivity contribution in [3.05, 3.63) is 36.5 Å². The summed E-state index contributed by atoms with van der Waals surface area (Å²) in [6, 6.07) is -0.864. The number of phosphoric ester groups is 1. The molecule has 0 aromatic carbocycles. The second-order valence-corrected chi connectivity index (χ2v) is 21.6. The third-order valence-corrected chi connectivity index (χ3v) is 13.3. The first-order chi connectivity index (χ1) is 31.9. The predicted molar refractivity (Wildman–Crippen MR) is 282 cm³/mol. The fraction of sp³-hybridized carbons (Fsp3) is 0.857. The van der Waals surface area contributed by atoms with Crippen LogP contribution in [0.3, 0.4) is 0 Å². The van der Waals surface area contributed by atoms with Gasteiger partial charge in [0.1, 0.15) is 19.3 Å². The lowest BCUT2D eigenvalue weighted by Crippen LogP contribution is -2.47. The number of hydrogen-bond acceptors (Lipinski definition) is 6. The fourth-order valence-corrected chi connectivity index (χ4v) is 8.73. The van der Waals surface area contributed by atoms with Gasteiger partial charge in [0.05, 0.1) is 33.8 Å². The van der Waals surface area contributed by atoms with Crippen molar-refractivity contribution in [3.63, 3.8) is 0 Å². The van der Waals surface area contributed by atoms with Crippen molar-refractivity contribution in [1.82, 2.24) is 5.32 Å². The first-order valence-electron chi connectivity index (χ1n) is 27.8. The summed E-state index contributed by atoms with van der Waals surface area (Å²) in [5.41, 5.74) is 0. The molecule has 0 saturated carbocycles. The fourth-order valence-electron chi connectivity index (χ4n) is 7.99. The Kier molecular flexibility index (Phi) is 45.7. The van der Waals surface area contributed by atoms with E-state index in [9.17, 15) is 19.0 Å². The van der Waals surface area contributed by atoms with Crippen LogP contribution in [0, 0.1) is 0 Å². The molecule has 388 valence electrons. The molecule has 10 heteroatoms. The lowest BCUT2D eigenvalue weighted by molar-refractivity contribution is -0.870. The number of unbranched alkanes of at least 4 members (excludes halogenated alkanes) is 30. The average Bonchev–Trinajstić information content (AvgIpc) is 3.27. The number of phosphoric acid groups is 1. The summed E-state index contributed by atoms with van der Waals surface area (Å²) in [6.45, 7) is 6.97. The van der Waals surface area contributed by atoms with E-state index in [2.05, 4.69) is 44.3 Å². The van der Waals surface area contributed by atoms with E-state index in [4.69, 9.17) is 13.8 Å². The number of esters is 1. The number of nitrogens with zero attached hydrogens (tertiary/aromatic N) is 1. The molecule has 0 saturated heterocycles. The van der Waals surface area contributed by atoms with Crippen LogP contribution in [0.2, 0.25) is 0 Å². The van der Waals surface area contributed by atoms with E-state index < -0.39 is 20.0 Å². The van der Waals surface area contributed by atoms with Gasteiger partial charge in [-0.05, 0) is 51.0 Å². The second kappa shape index (κ2) is 46.9. The van der Waals surface area contributed by atoms with Crippen LogP contribution in [0.5, 0.6) is 0 Å². The normalized spacial score (nSPS) is 14.1. The van der Waals surface area contributed by atoms with E-state index in [-0.39, 0.29) is 31.5 Å². The highest BCUT2D eigenvalue weighted by atomic mass is 31.2. The highest BCUT2D eigenvalue weighted by Gasteiger charge is 2.30. The van der Waals surface area contributed by atoms with Crippen molar-refractivity contribution in [1.29, 1.82) is 0 Å². The zero-order valence-electron chi connectivity index (χ0n) is 44.2. The standard InChI is InChI=1S/C56H107N2O7P/c1-7-10-13-16-19-22-25-28-29-31-33-36-39-42-45-48-55(59)57-53(52-64-66(61,62)63-51-50-58(4,5)6)54(47-44-41-38-35-32-27-24-21-18-15-12-9-3)65-56(60)49-46-43-40-37-34-30-26-23-20-17-14-11-8-2/h30,34,40,43-44,47,53-54H,7-29,31-33,35-39,41-42,45-46,48-52H2,1-6H3,(H-,57,59,61,62)/p+1/b34-30-,43-40+,47-44+. The van der Waals surface area contributed by atoms with E-state index >= 15 is 0 Å². The quantitative estimate of drug-likeness (QED) is 0.0205. The van der Waals surface area contributed by atoms with Crippen molar-refractivity contribution in [2.45, 2.75) is 270 Å². The number of quaternary nitrogens is 1. The van der Waals surface area contributed by atoms with Crippen LogP contribution in [0.1, 0.15) is 258 Å². The zero-order valence-corrected chi connectivity index (χ0v) is 45.1. The molecule has 0 aromatic heterocycles. The Balaban J connectivity index is 5.43. The van der Waals surface area contributed by atoms with Crippen LogP contribution in [-0.4, -0.2) is 74.3 Å². The van der Waals surface area contributed by atoms with Gasteiger partial charge in [-0.2, -0.15) is 0 Å². The van der Waals surface area contributed by atoms with E-state index in [1.807, 2.05) is 39.4 Å². The summed E-state index contributed by atoms with van der Waals surface area (Å²) < 4.78 is 30.5. The molecule has 3 unspecified atom stereocenters. The average molecular weight is 952 g/mol. The van der Waals surface area contributed by atoms with Gasteiger partial charge in [-0.25, -0.2) is 4.57 Å². The molecule has 0 aliphatic rings. The van der Waals surface area contributed by atoms with Crippen LogP contribution in [0.4, 0.5) is 0 Å². The first kappa shape index (κ1) is 64.2. The van der Waals surface area contributed by atoms with E-state index in [1.165, 1.54) is 167 Å². The Bertz CT molecular complexity index is 1230. The minimum absolute atomic E-state index is 0.0348. The lowest BCUT2D eigenvalue weighted by atomic mass is 10.0. The maximum absolute atomic E-state index is 13.5.